The summed E-state index contributed by atoms with van der Waals surface area (Å²) in [7, 11) is 0. The highest BCUT2D eigenvalue weighted by Crippen LogP contribution is 2.26. The Morgan fingerprint density at radius 2 is 1.78 bits per heavy atom. The zero-order valence-corrected chi connectivity index (χ0v) is 18.2. The second-order valence-corrected chi connectivity index (χ2v) is 7.31. The van der Waals surface area contributed by atoms with Crippen LogP contribution < -0.4 is 5.32 Å². The van der Waals surface area contributed by atoms with Crippen LogP contribution in [0.5, 0.6) is 0 Å². The van der Waals surface area contributed by atoms with Crippen LogP contribution in [0.3, 0.4) is 0 Å². The number of benzene rings is 1. The first kappa shape index (κ1) is 23.6. The SMILES string of the molecule is C1CN2CCC1CC2.C1COCN1.c1ccc2ocnc2c1.c1cnoc1.c1cocn1. The number of ether oxygens (including phenoxy) is 1. The molecule has 32 heavy (non-hydrogen) atoms. The maximum atomic E-state index is 5.01. The van der Waals surface area contributed by atoms with Gasteiger partial charge in [0.2, 0.25) is 0 Å². The van der Waals surface area contributed by atoms with E-state index >= 15 is 0 Å². The van der Waals surface area contributed by atoms with Crippen molar-refractivity contribution in [3.05, 3.63) is 68.0 Å². The molecular formula is C23H31N5O4. The first-order valence-electron chi connectivity index (χ1n) is 10.9. The quantitative estimate of drug-likeness (QED) is 0.436. The summed E-state index contributed by atoms with van der Waals surface area (Å²) in [6, 6.07) is 9.39. The fraction of sp³-hybridized carbons (Fsp3) is 0.435. The Labute approximate surface area is 187 Å². The van der Waals surface area contributed by atoms with Crippen molar-refractivity contribution in [2.45, 2.75) is 19.3 Å². The number of para-hydroxylation sites is 2. The molecule has 0 unspecified atom stereocenters. The predicted molar refractivity (Wildman–Crippen MR) is 120 cm³/mol. The molecule has 0 saturated carbocycles. The van der Waals surface area contributed by atoms with Crippen LogP contribution in [0.1, 0.15) is 19.3 Å². The summed E-state index contributed by atoms with van der Waals surface area (Å²) in [6.45, 7) is 6.85. The molecule has 4 saturated heterocycles. The molecule has 4 aliphatic heterocycles. The summed E-state index contributed by atoms with van der Waals surface area (Å²) < 4.78 is 18.6. The molecule has 4 aromatic rings. The van der Waals surface area contributed by atoms with Gasteiger partial charge in [-0.3, -0.25) is 5.32 Å². The maximum absolute atomic E-state index is 5.01. The zero-order valence-electron chi connectivity index (χ0n) is 18.2. The van der Waals surface area contributed by atoms with Crippen LogP contribution in [-0.4, -0.2) is 59.5 Å². The molecule has 9 nitrogen and oxygen atoms in total. The topological polar surface area (TPSA) is 103 Å². The lowest BCUT2D eigenvalue weighted by Crippen LogP contribution is -2.41. The van der Waals surface area contributed by atoms with Crippen LogP contribution in [0, 0.1) is 5.92 Å². The van der Waals surface area contributed by atoms with Gasteiger partial charge in [-0.15, -0.1) is 0 Å². The summed E-state index contributed by atoms with van der Waals surface area (Å²) in [4.78, 5) is 10.1. The Morgan fingerprint density at radius 1 is 0.938 bits per heavy atom. The zero-order chi connectivity index (χ0) is 22.1. The summed E-state index contributed by atoms with van der Waals surface area (Å²) in [5.41, 5.74) is 1.76. The van der Waals surface area contributed by atoms with Gasteiger partial charge < -0.3 is 23.0 Å². The molecule has 0 amide bonds. The van der Waals surface area contributed by atoms with E-state index in [1.807, 2.05) is 24.3 Å². The Hall–Kier alpha value is -3.01. The molecule has 9 heteroatoms. The molecule has 0 atom stereocenters. The minimum atomic E-state index is 0.750. The van der Waals surface area contributed by atoms with Crippen molar-refractivity contribution < 1.29 is 18.1 Å². The average molecular weight is 442 g/mol. The summed E-state index contributed by atoms with van der Waals surface area (Å²) in [6.07, 6.45) is 13.5. The van der Waals surface area contributed by atoms with Gasteiger partial charge in [0.1, 0.15) is 18.0 Å². The van der Waals surface area contributed by atoms with Gasteiger partial charge in [0.25, 0.3) is 0 Å². The fourth-order valence-corrected chi connectivity index (χ4v) is 3.38. The molecular weight excluding hydrogens is 410 g/mol. The molecule has 4 aliphatic rings. The van der Waals surface area contributed by atoms with Crippen LogP contribution in [0.4, 0.5) is 0 Å². The first-order valence-corrected chi connectivity index (χ1v) is 10.9. The Kier molecular flexibility index (Phi) is 11.0. The molecule has 1 aromatic carbocycles. The van der Waals surface area contributed by atoms with E-state index in [9.17, 15) is 0 Å². The van der Waals surface area contributed by atoms with E-state index in [0.717, 1.165) is 36.9 Å². The lowest BCUT2D eigenvalue weighted by atomic mass is 9.89. The van der Waals surface area contributed by atoms with E-state index in [0.29, 0.717) is 0 Å². The summed E-state index contributed by atoms with van der Waals surface area (Å²) in [5.74, 6) is 1.11. The lowest BCUT2D eigenvalue weighted by molar-refractivity contribution is 0.111. The van der Waals surface area contributed by atoms with Crippen LogP contribution in [0.25, 0.3) is 11.1 Å². The monoisotopic (exact) mass is 441 g/mol. The molecule has 7 heterocycles. The van der Waals surface area contributed by atoms with Gasteiger partial charge in [-0.2, -0.15) is 0 Å². The third-order valence-corrected chi connectivity index (χ3v) is 5.12. The highest BCUT2D eigenvalue weighted by atomic mass is 16.5. The van der Waals surface area contributed by atoms with Gasteiger partial charge in [-0.1, -0.05) is 17.3 Å². The van der Waals surface area contributed by atoms with E-state index in [1.54, 1.807) is 18.5 Å². The summed E-state index contributed by atoms with van der Waals surface area (Å²) in [5, 5.41) is 6.35. The van der Waals surface area contributed by atoms with Crippen molar-refractivity contribution in [1.82, 2.24) is 25.3 Å². The Morgan fingerprint density at radius 3 is 2.16 bits per heavy atom. The second kappa shape index (κ2) is 14.9. The van der Waals surface area contributed by atoms with Crippen molar-refractivity contribution in [3.63, 3.8) is 0 Å². The number of piperidine rings is 3. The third-order valence-electron chi connectivity index (χ3n) is 5.12. The van der Waals surface area contributed by atoms with E-state index in [4.69, 9.17) is 9.15 Å². The van der Waals surface area contributed by atoms with Gasteiger partial charge in [0.05, 0.1) is 25.7 Å². The number of rotatable bonds is 0. The fourth-order valence-electron chi connectivity index (χ4n) is 3.38. The molecule has 2 bridgehead atoms. The van der Waals surface area contributed by atoms with Crippen molar-refractivity contribution in [1.29, 1.82) is 0 Å². The molecule has 0 aliphatic carbocycles. The van der Waals surface area contributed by atoms with E-state index in [1.165, 1.54) is 64.2 Å². The number of oxazole rings is 2. The third kappa shape index (κ3) is 9.42. The molecule has 172 valence electrons. The van der Waals surface area contributed by atoms with Crippen molar-refractivity contribution in [2.75, 3.05) is 39.5 Å². The summed E-state index contributed by atoms with van der Waals surface area (Å²) >= 11 is 0. The van der Waals surface area contributed by atoms with Crippen LogP contribution in [0.15, 0.2) is 81.4 Å². The first-order chi connectivity index (χ1) is 15.9. The highest BCUT2D eigenvalue weighted by Gasteiger charge is 2.24. The van der Waals surface area contributed by atoms with Crippen LogP contribution in [-0.2, 0) is 4.74 Å². The number of nitrogens with one attached hydrogen (secondary N) is 1. The minimum absolute atomic E-state index is 0.750. The standard InChI is InChI=1S/C7H5NO.C7H13N.C3H7NO.2C3H3NO/c1-2-4-7-6(3-1)8-5-9-7;1-4-8-5-2-7(1)3-6-8;2*1-2-5-3-4-1;1-2-4-5-3-1/h1-5H;7H,1-6H2;4H,1-3H2;2*1-3H. The smallest absolute Gasteiger partial charge is 0.181 e. The van der Waals surface area contributed by atoms with Crippen molar-refractivity contribution in [2.24, 2.45) is 5.92 Å². The normalized spacial score (nSPS) is 20.4. The van der Waals surface area contributed by atoms with E-state index < -0.39 is 0 Å². The number of aromatic nitrogens is 3. The lowest BCUT2D eigenvalue weighted by Gasteiger charge is -2.38. The predicted octanol–water partition coefficient (Wildman–Crippen LogP) is 3.84. The number of hydrogen-bond acceptors (Lipinski definition) is 9. The average Bonchev–Trinajstić information content (AvgIpc) is 3.72. The molecule has 8 rings (SSSR count). The van der Waals surface area contributed by atoms with Gasteiger partial charge in [-0.25, -0.2) is 9.97 Å². The Balaban J connectivity index is 0.000000116. The van der Waals surface area contributed by atoms with Gasteiger partial charge in [0.15, 0.2) is 18.4 Å². The Bertz CT molecular complexity index is 780. The van der Waals surface area contributed by atoms with Gasteiger partial charge >= 0.3 is 0 Å². The molecule has 0 radical (unpaired) electrons. The van der Waals surface area contributed by atoms with Gasteiger partial charge in [0, 0.05) is 6.54 Å². The molecule has 4 fully saturated rings. The molecule has 3 aromatic heterocycles. The molecule has 1 N–H and O–H groups in total. The maximum Gasteiger partial charge on any atom is 0.181 e. The van der Waals surface area contributed by atoms with Crippen molar-refractivity contribution in [3.8, 4) is 0 Å². The highest BCUT2D eigenvalue weighted by molar-refractivity contribution is 5.71. The minimum Gasteiger partial charge on any atom is -0.452 e. The van der Waals surface area contributed by atoms with Gasteiger partial charge in [-0.05, 0) is 63.0 Å². The van der Waals surface area contributed by atoms with Crippen molar-refractivity contribution >= 4 is 11.1 Å². The number of nitrogens with zero attached hydrogens (tertiary/aromatic N) is 4. The van der Waals surface area contributed by atoms with Crippen LogP contribution >= 0.6 is 0 Å². The number of hydrogen-bond donors (Lipinski definition) is 1. The largest absolute Gasteiger partial charge is 0.452 e. The van der Waals surface area contributed by atoms with Crippen LogP contribution in [0.2, 0.25) is 0 Å². The number of fused-ring (bicyclic) bond motifs is 4. The molecule has 0 spiro atoms. The second-order valence-electron chi connectivity index (χ2n) is 7.31. The van der Waals surface area contributed by atoms with E-state index in [2.05, 4.69) is 34.3 Å². The van der Waals surface area contributed by atoms with E-state index in [-0.39, 0.29) is 0 Å².